The summed E-state index contributed by atoms with van der Waals surface area (Å²) in [6, 6.07) is 9.01. The summed E-state index contributed by atoms with van der Waals surface area (Å²) in [5.41, 5.74) is 7.33. The van der Waals surface area contributed by atoms with Crippen molar-refractivity contribution in [1.29, 1.82) is 5.26 Å². The van der Waals surface area contributed by atoms with Crippen molar-refractivity contribution in [1.82, 2.24) is 4.90 Å². The Balaban J connectivity index is 1.96. The lowest BCUT2D eigenvalue weighted by atomic mass is 9.91. The number of hydrogen-bond donors (Lipinski definition) is 2. The Bertz CT molecular complexity index is 506. The average Bonchev–Trinajstić information content (AvgIpc) is 2.48. The van der Waals surface area contributed by atoms with Crippen LogP contribution in [-0.4, -0.2) is 30.1 Å². The van der Waals surface area contributed by atoms with Crippen LogP contribution in [0.2, 0.25) is 0 Å². The molecule has 106 valence electrons. The zero-order valence-electron chi connectivity index (χ0n) is 11.7. The lowest BCUT2D eigenvalue weighted by Crippen LogP contribution is -2.50. The Morgan fingerprint density at radius 2 is 2.20 bits per heavy atom. The second kappa shape index (κ2) is 6.40. The van der Waals surface area contributed by atoms with E-state index in [1.54, 1.807) is 24.3 Å². The second-order valence-corrected chi connectivity index (χ2v) is 5.19. The molecule has 3 N–H and O–H groups in total. The van der Waals surface area contributed by atoms with Crippen molar-refractivity contribution >= 4 is 11.7 Å². The molecule has 2 unspecified atom stereocenters. The fraction of sp³-hybridized carbons (Fsp3) is 0.467. The number of amides is 2. The van der Waals surface area contributed by atoms with Crippen LogP contribution in [0.4, 0.5) is 10.5 Å². The summed E-state index contributed by atoms with van der Waals surface area (Å²) in [5, 5.41) is 11.6. The first-order chi connectivity index (χ1) is 9.63. The highest BCUT2D eigenvalue weighted by atomic mass is 16.2. The van der Waals surface area contributed by atoms with E-state index in [0.29, 0.717) is 30.3 Å². The predicted molar refractivity (Wildman–Crippen MR) is 78.1 cm³/mol. The molecule has 0 aromatic heterocycles. The summed E-state index contributed by atoms with van der Waals surface area (Å²) in [5.74, 6) is 0.371. The number of urea groups is 1. The molecule has 1 aromatic rings. The van der Waals surface area contributed by atoms with Crippen molar-refractivity contribution in [3.8, 4) is 6.07 Å². The van der Waals surface area contributed by atoms with E-state index >= 15 is 0 Å². The molecular formula is C15H20N4O. The summed E-state index contributed by atoms with van der Waals surface area (Å²) in [6.45, 7) is 3.51. The topological polar surface area (TPSA) is 82.2 Å². The Morgan fingerprint density at radius 1 is 1.50 bits per heavy atom. The second-order valence-electron chi connectivity index (χ2n) is 5.19. The highest BCUT2D eigenvalue weighted by molar-refractivity contribution is 5.89. The molecule has 2 atom stereocenters. The van der Waals surface area contributed by atoms with Gasteiger partial charge in [-0.1, -0.05) is 13.3 Å². The molecule has 1 saturated heterocycles. The Kier molecular flexibility index (Phi) is 4.59. The normalized spacial score (nSPS) is 22.1. The van der Waals surface area contributed by atoms with Crippen molar-refractivity contribution < 1.29 is 4.79 Å². The van der Waals surface area contributed by atoms with E-state index in [4.69, 9.17) is 11.0 Å². The summed E-state index contributed by atoms with van der Waals surface area (Å²) < 4.78 is 0. The molecule has 0 spiro atoms. The van der Waals surface area contributed by atoms with Gasteiger partial charge in [-0.25, -0.2) is 4.79 Å². The number of benzene rings is 1. The molecule has 20 heavy (non-hydrogen) atoms. The third-order valence-electron chi connectivity index (χ3n) is 3.87. The minimum absolute atomic E-state index is 0.0972. The van der Waals surface area contributed by atoms with E-state index < -0.39 is 0 Å². The smallest absolute Gasteiger partial charge is 0.321 e. The number of nitriles is 1. The number of hydrogen-bond acceptors (Lipinski definition) is 3. The maximum absolute atomic E-state index is 12.2. The third kappa shape index (κ3) is 3.28. The van der Waals surface area contributed by atoms with Crippen LogP contribution >= 0.6 is 0 Å². The van der Waals surface area contributed by atoms with Gasteiger partial charge in [0.05, 0.1) is 11.6 Å². The van der Waals surface area contributed by atoms with E-state index in [1.165, 1.54) is 0 Å². The number of rotatable bonds is 2. The van der Waals surface area contributed by atoms with E-state index in [1.807, 2.05) is 4.90 Å². The number of carbonyl (C=O) groups is 1. The zero-order chi connectivity index (χ0) is 14.5. The average molecular weight is 272 g/mol. The van der Waals surface area contributed by atoms with Crippen molar-refractivity contribution in [2.45, 2.75) is 25.8 Å². The van der Waals surface area contributed by atoms with E-state index in [-0.39, 0.29) is 12.1 Å². The highest BCUT2D eigenvalue weighted by Crippen LogP contribution is 2.19. The van der Waals surface area contributed by atoms with Crippen molar-refractivity contribution in [2.24, 2.45) is 11.7 Å². The van der Waals surface area contributed by atoms with E-state index in [0.717, 1.165) is 12.8 Å². The van der Waals surface area contributed by atoms with E-state index in [2.05, 4.69) is 18.3 Å². The summed E-state index contributed by atoms with van der Waals surface area (Å²) in [6.07, 6.45) is 1.83. The lowest BCUT2D eigenvalue weighted by Gasteiger charge is -2.36. The van der Waals surface area contributed by atoms with Gasteiger partial charge in [0.1, 0.15) is 0 Å². The quantitative estimate of drug-likeness (QED) is 0.865. The van der Waals surface area contributed by atoms with Gasteiger partial charge in [0.25, 0.3) is 0 Å². The van der Waals surface area contributed by atoms with Gasteiger partial charge >= 0.3 is 6.03 Å². The van der Waals surface area contributed by atoms with Gasteiger partial charge in [-0.15, -0.1) is 0 Å². The minimum atomic E-state index is -0.0972. The number of carbonyl (C=O) groups excluding carboxylic acids is 1. The SMILES string of the molecule is CCC1CN(C(=O)Nc2ccc(C#N)cc2)CCC1N. The number of piperidine rings is 1. The largest absolute Gasteiger partial charge is 0.327 e. The van der Waals surface area contributed by atoms with Crippen LogP contribution in [0.25, 0.3) is 0 Å². The molecule has 1 heterocycles. The van der Waals surface area contributed by atoms with Crippen molar-refractivity contribution in [2.75, 3.05) is 18.4 Å². The van der Waals surface area contributed by atoms with Crippen LogP contribution < -0.4 is 11.1 Å². The van der Waals surface area contributed by atoms with Gasteiger partial charge in [0, 0.05) is 24.8 Å². The van der Waals surface area contributed by atoms with Crippen molar-refractivity contribution in [3.05, 3.63) is 29.8 Å². The number of nitrogens with two attached hydrogens (primary N) is 1. The van der Waals surface area contributed by atoms with Gasteiger partial charge in [-0.2, -0.15) is 5.26 Å². The summed E-state index contributed by atoms with van der Waals surface area (Å²) >= 11 is 0. The first-order valence-corrected chi connectivity index (χ1v) is 6.95. The van der Waals surface area contributed by atoms with Crippen LogP contribution in [0, 0.1) is 17.2 Å². The van der Waals surface area contributed by atoms with Crippen LogP contribution in [0.15, 0.2) is 24.3 Å². The fourth-order valence-electron chi connectivity index (χ4n) is 2.50. The van der Waals surface area contributed by atoms with Crippen LogP contribution in [-0.2, 0) is 0 Å². The maximum Gasteiger partial charge on any atom is 0.321 e. The molecule has 1 aliphatic heterocycles. The molecule has 0 radical (unpaired) electrons. The van der Waals surface area contributed by atoms with Gasteiger partial charge in [0.2, 0.25) is 0 Å². The van der Waals surface area contributed by atoms with E-state index in [9.17, 15) is 4.79 Å². The summed E-state index contributed by atoms with van der Waals surface area (Å²) in [4.78, 5) is 14.0. The van der Waals surface area contributed by atoms with Crippen LogP contribution in [0.3, 0.4) is 0 Å². The monoisotopic (exact) mass is 272 g/mol. The Labute approximate surface area is 119 Å². The Morgan fingerprint density at radius 3 is 2.80 bits per heavy atom. The predicted octanol–water partition coefficient (Wildman–Crippen LogP) is 2.15. The molecular weight excluding hydrogens is 252 g/mol. The molecule has 5 nitrogen and oxygen atoms in total. The molecule has 0 aliphatic carbocycles. The molecule has 2 rings (SSSR count). The number of nitrogens with zero attached hydrogens (tertiary/aromatic N) is 2. The van der Waals surface area contributed by atoms with Gasteiger partial charge < -0.3 is 16.0 Å². The standard InChI is InChI=1S/C15H20N4O/c1-2-12-10-19(8-7-14(12)17)15(20)18-13-5-3-11(9-16)4-6-13/h3-6,12,14H,2,7-8,10,17H2,1H3,(H,18,20). The molecule has 0 bridgehead atoms. The molecule has 5 heteroatoms. The first kappa shape index (κ1) is 14.4. The molecule has 1 aliphatic rings. The Hall–Kier alpha value is -2.06. The lowest BCUT2D eigenvalue weighted by molar-refractivity contribution is 0.164. The van der Waals surface area contributed by atoms with Gasteiger partial charge in [-0.05, 0) is 36.6 Å². The third-order valence-corrected chi connectivity index (χ3v) is 3.87. The number of nitrogens with one attached hydrogen (secondary N) is 1. The maximum atomic E-state index is 12.2. The highest BCUT2D eigenvalue weighted by Gasteiger charge is 2.27. The molecule has 1 fully saturated rings. The van der Waals surface area contributed by atoms with Crippen LogP contribution in [0.1, 0.15) is 25.3 Å². The first-order valence-electron chi connectivity index (χ1n) is 6.95. The minimum Gasteiger partial charge on any atom is -0.327 e. The summed E-state index contributed by atoms with van der Waals surface area (Å²) in [7, 11) is 0. The molecule has 2 amide bonds. The van der Waals surface area contributed by atoms with Crippen LogP contribution in [0.5, 0.6) is 0 Å². The number of likely N-dealkylation sites (tertiary alicyclic amines) is 1. The fourth-order valence-corrected chi connectivity index (χ4v) is 2.50. The molecule has 0 saturated carbocycles. The van der Waals surface area contributed by atoms with Crippen molar-refractivity contribution in [3.63, 3.8) is 0 Å². The molecule has 1 aromatic carbocycles. The van der Waals surface area contributed by atoms with Gasteiger partial charge in [0.15, 0.2) is 0 Å². The zero-order valence-corrected chi connectivity index (χ0v) is 11.7. The van der Waals surface area contributed by atoms with Gasteiger partial charge in [-0.3, -0.25) is 0 Å². The number of anilines is 1.